The number of morpholine rings is 1. The number of likely N-dealkylation sites (tertiary alicyclic amines) is 1. The molecule has 2 atom stereocenters. The largest absolute Gasteiger partial charge is 0.401 e. The van der Waals surface area contributed by atoms with Gasteiger partial charge in [-0.05, 0) is 18.9 Å². The summed E-state index contributed by atoms with van der Waals surface area (Å²) in [6.45, 7) is 2.07. The molecule has 1 amide bonds. The molecule has 2 saturated heterocycles. The maximum atomic E-state index is 12.3. The predicted molar refractivity (Wildman–Crippen MR) is 80.7 cm³/mol. The molecule has 22 heavy (non-hydrogen) atoms. The first-order valence-corrected chi connectivity index (χ1v) is 6.83. The van der Waals surface area contributed by atoms with Crippen LogP contribution in [0.5, 0.6) is 0 Å². The highest BCUT2D eigenvalue weighted by atomic mass is 35.5. The van der Waals surface area contributed by atoms with Crippen LogP contribution in [0.25, 0.3) is 0 Å². The average molecular weight is 368 g/mol. The van der Waals surface area contributed by atoms with Crippen LogP contribution in [-0.4, -0.2) is 69.0 Å². The lowest BCUT2D eigenvalue weighted by atomic mass is 10.1. The number of carbonyl (C=O) groups excluding carboxylic acids is 1. The Kier molecular flexibility index (Phi) is 9.64. The maximum absolute atomic E-state index is 12.3. The third-order valence-corrected chi connectivity index (χ3v) is 3.56. The van der Waals surface area contributed by atoms with Gasteiger partial charge in [0.25, 0.3) is 0 Å². The zero-order valence-corrected chi connectivity index (χ0v) is 13.7. The SMILES string of the molecule is Cl.Cl.O=C(NCC1CCN(CC(F)(F)F)C1)C1CNCCO1. The van der Waals surface area contributed by atoms with Gasteiger partial charge in [0.2, 0.25) is 5.91 Å². The Bertz CT molecular complexity index is 342. The molecule has 2 fully saturated rings. The quantitative estimate of drug-likeness (QED) is 0.772. The second kappa shape index (κ2) is 9.77. The van der Waals surface area contributed by atoms with Gasteiger partial charge in [0.05, 0.1) is 13.2 Å². The van der Waals surface area contributed by atoms with Gasteiger partial charge in [-0.15, -0.1) is 24.8 Å². The van der Waals surface area contributed by atoms with Crippen LogP contribution in [0.15, 0.2) is 0 Å². The summed E-state index contributed by atoms with van der Waals surface area (Å²) in [6, 6.07) is 0. The van der Waals surface area contributed by atoms with Crippen molar-refractivity contribution in [2.75, 3.05) is 45.9 Å². The topological polar surface area (TPSA) is 53.6 Å². The van der Waals surface area contributed by atoms with E-state index in [1.54, 1.807) is 0 Å². The lowest BCUT2D eigenvalue weighted by molar-refractivity contribution is -0.144. The predicted octanol–water partition coefficient (Wildman–Crippen LogP) is 0.819. The molecule has 0 aromatic carbocycles. The van der Waals surface area contributed by atoms with Gasteiger partial charge in [-0.1, -0.05) is 0 Å². The second-order valence-electron chi connectivity index (χ2n) is 5.31. The van der Waals surface area contributed by atoms with Crippen LogP contribution in [-0.2, 0) is 9.53 Å². The van der Waals surface area contributed by atoms with Crippen LogP contribution in [0.2, 0.25) is 0 Å². The molecule has 0 radical (unpaired) electrons. The zero-order valence-electron chi connectivity index (χ0n) is 12.0. The summed E-state index contributed by atoms with van der Waals surface area (Å²) in [7, 11) is 0. The van der Waals surface area contributed by atoms with Crippen molar-refractivity contribution >= 4 is 30.7 Å². The van der Waals surface area contributed by atoms with Crippen molar-refractivity contribution in [1.29, 1.82) is 0 Å². The van der Waals surface area contributed by atoms with Crippen molar-refractivity contribution in [3.8, 4) is 0 Å². The van der Waals surface area contributed by atoms with Crippen molar-refractivity contribution < 1.29 is 22.7 Å². The van der Waals surface area contributed by atoms with Gasteiger partial charge in [0, 0.05) is 26.2 Å². The van der Waals surface area contributed by atoms with Gasteiger partial charge in [-0.3, -0.25) is 9.69 Å². The third kappa shape index (κ3) is 7.32. The highest BCUT2D eigenvalue weighted by molar-refractivity contribution is 5.85. The summed E-state index contributed by atoms with van der Waals surface area (Å²) >= 11 is 0. The van der Waals surface area contributed by atoms with Crippen LogP contribution in [0.1, 0.15) is 6.42 Å². The van der Waals surface area contributed by atoms with Crippen LogP contribution >= 0.6 is 24.8 Å². The summed E-state index contributed by atoms with van der Waals surface area (Å²) in [5, 5.41) is 5.82. The van der Waals surface area contributed by atoms with E-state index in [0.29, 0.717) is 39.2 Å². The van der Waals surface area contributed by atoms with Crippen LogP contribution in [0.4, 0.5) is 13.2 Å². The summed E-state index contributed by atoms with van der Waals surface area (Å²) in [6.07, 6.45) is -3.96. The number of amides is 1. The normalized spacial score (nSPS) is 26.0. The van der Waals surface area contributed by atoms with Gasteiger partial charge in [-0.2, -0.15) is 13.2 Å². The molecule has 2 rings (SSSR count). The Morgan fingerprint density at radius 1 is 1.36 bits per heavy atom. The molecule has 0 aliphatic carbocycles. The van der Waals surface area contributed by atoms with E-state index in [9.17, 15) is 18.0 Å². The minimum absolute atomic E-state index is 0. The van der Waals surface area contributed by atoms with Crippen LogP contribution < -0.4 is 10.6 Å². The first-order valence-electron chi connectivity index (χ1n) is 6.83. The lowest BCUT2D eigenvalue weighted by Crippen LogP contribution is -2.48. The molecule has 132 valence electrons. The maximum Gasteiger partial charge on any atom is 0.401 e. The molecule has 0 aromatic heterocycles. The molecule has 0 aromatic rings. The van der Waals surface area contributed by atoms with E-state index in [1.165, 1.54) is 4.90 Å². The van der Waals surface area contributed by atoms with E-state index in [2.05, 4.69) is 10.6 Å². The average Bonchev–Trinajstić information content (AvgIpc) is 2.82. The fourth-order valence-corrected chi connectivity index (χ4v) is 2.57. The number of nitrogens with one attached hydrogen (secondary N) is 2. The molecule has 10 heteroatoms. The molecule has 2 aliphatic rings. The van der Waals surface area contributed by atoms with Gasteiger partial charge < -0.3 is 15.4 Å². The van der Waals surface area contributed by atoms with Gasteiger partial charge in [0.1, 0.15) is 6.10 Å². The number of ether oxygens (including phenoxy) is 1. The fraction of sp³-hybridized carbons (Fsp3) is 0.917. The Morgan fingerprint density at radius 3 is 2.68 bits per heavy atom. The van der Waals surface area contributed by atoms with Gasteiger partial charge in [-0.25, -0.2) is 0 Å². The minimum atomic E-state index is -4.15. The Morgan fingerprint density at radius 2 is 2.09 bits per heavy atom. The van der Waals surface area contributed by atoms with E-state index in [4.69, 9.17) is 4.74 Å². The van der Waals surface area contributed by atoms with E-state index in [-0.39, 0.29) is 36.6 Å². The standard InChI is InChI=1S/C12H20F3N3O2.2ClH/c13-12(14,15)8-18-3-1-9(7-18)5-17-11(19)10-6-16-2-4-20-10;;/h9-10,16H,1-8H2,(H,17,19);2*1H. The number of carbonyl (C=O) groups is 1. The smallest absolute Gasteiger partial charge is 0.366 e. The van der Waals surface area contributed by atoms with Crippen LogP contribution in [0, 0.1) is 5.92 Å². The zero-order chi connectivity index (χ0) is 14.6. The molecule has 5 nitrogen and oxygen atoms in total. The van der Waals surface area contributed by atoms with E-state index >= 15 is 0 Å². The number of hydrogen-bond acceptors (Lipinski definition) is 4. The highest BCUT2D eigenvalue weighted by Crippen LogP contribution is 2.22. The monoisotopic (exact) mass is 367 g/mol. The van der Waals surface area contributed by atoms with Gasteiger partial charge >= 0.3 is 6.18 Å². The molecule has 0 spiro atoms. The van der Waals surface area contributed by atoms with Crippen molar-refractivity contribution in [1.82, 2.24) is 15.5 Å². The highest BCUT2D eigenvalue weighted by Gasteiger charge is 2.34. The van der Waals surface area contributed by atoms with Gasteiger partial charge in [0.15, 0.2) is 0 Å². The Hall–Kier alpha value is -0.280. The first kappa shape index (κ1) is 21.7. The Labute approximate surface area is 140 Å². The number of halogens is 5. The molecule has 0 saturated carbocycles. The van der Waals surface area contributed by atoms with E-state index in [0.717, 1.165) is 6.54 Å². The second-order valence-corrected chi connectivity index (χ2v) is 5.31. The lowest BCUT2D eigenvalue weighted by Gasteiger charge is -2.23. The molecule has 2 unspecified atom stereocenters. The molecule has 0 bridgehead atoms. The number of rotatable bonds is 4. The first-order chi connectivity index (χ1) is 9.44. The van der Waals surface area contributed by atoms with E-state index in [1.807, 2.05) is 0 Å². The summed E-state index contributed by atoms with van der Waals surface area (Å²) < 4.78 is 42.1. The molecule has 2 heterocycles. The summed E-state index contributed by atoms with van der Waals surface area (Å²) in [4.78, 5) is 13.2. The fourth-order valence-electron chi connectivity index (χ4n) is 2.57. The summed E-state index contributed by atoms with van der Waals surface area (Å²) in [5.74, 6) is -0.107. The molecule has 2 N–H and O–H groups in total. The molecule has 2 aliphatic heterocycles. The third-order valence-electron chi connectivity index (χ3n) is 3.56. The van der Waals surface area contributed by atoms with Crippen molar-refractivity contribution in [3.63, 3.8) is 0 Å². The van der Waals surface area contributed by atoms with E-state index < -0.39 is 18.8 Å². The van der Waals surface area contributed by atoms with Crippen LogP contribution in [0.3, 0.4) is 0 Å². The Balaban J connectivity index is 0.00000220. The minimum Gasteiger partial charge on any atom is -0.366 e. The summed E-state index contributed by atoms with van der Waals surface area (Å²) in [5.41, 5.74) is 0. The number of alkyl halides is 3. The number of hydrogen-bond donors (Lipinski definition) is 2. The number of nitrogens with zero attached hydrogens (tertiary/aromatic N) is 1. The molecular formula is C12H22Cl2F3N3O2. The molecular weight excluding hydrogens is 346 g/mol. The van der Waals surface area contributed by atoms with Crippen molar-refractivity contribution in [2.24, 2.45) is 5.92 Å². The van der Waals surface area contributed by atoms with Crippen molar-refractivity contribution in [3.05, 3.63) is 0 Å². The van der Waals surface area contributed by atoms with Crippen molar-refractivity contribution in [2.45, 2.75) is 18.7 Å².